The fraction of sp³-hybridized carbons (Fsp3) is 0. The lowest BCUT2D eigenvalue weighted by atomic mass is 9.34. The molecule has 0 saturated heterocycles. The highest BCUT2D eigenvalue weighted by molar-refractivity contribution is 6.98. The summed E-state index contributed by atoms with van der Waals surface area (Å²) in [6.45, 7) is 0.0379. The van der Waals surface area contributed by atoms with Crippen molar-refractivity contribution in [2.45, 2.75) is 0 Å². The van der Waals surface area contributed by atoms with E-state index in [-0.39, 0.29) is 6.71 Å². The van der Waals surface area contributed by atoms with Crippen LogP contribution in [0, 0.1) is 0 Å². The van der Waals surface area contributed by atoms with Gasteiger partial charge in [0.05, 0.1) is 0 Å². The van der Waals surface area contributed by atoms with Crippen molar-refractivity contribution in [3.8, 4) is 45.3 Å². The Hall–Kier alpha value is -5.28. The molecule has 0 atom stereocenters. The fourth-order valence-electron chi connectivity index (χ4n) is 6.92. The Kier molecular flexibility index (Phi) is 4.73. The van der Waals surface area contributed by atoms with E-state index in [9.17, 15) is 0 Å². The Morgan fingerprint density at radius 2 is 0.902 bits per heavy atom. The van der Waals surface area contributed by atoms with Crippen LogP contribution in [0.15, 0.2) is 140 Å². The van der Waals surface area contributed by atoms with E-state index in [1.165, 1.54) is 49.2 Å². The number of rotatable bonds is 2. The van der Waals surface area contributed by atoms with Crippen molar-refractivity contribution in [1.82, 2.24) is 0 Å². The zero-order chi connectivity index (χ0) is 26.9. The van der Waals surface area contributed by atoms with Crippen LogP contribution in [-0.4, -0.2) is 6.71 Å². The number of ether oxygens (including phenoxy) is 2. The van der Waals surface area contributed by atoms with Gasteiger partial charge < -0.3 is 9.47 Å². The SMILES string of the molecule is c1ccc(-c2c3ccccc3c(-c3ccc4c5c3Oc3ccccc3B5c3ccccc3O4)c3ccccc23)cc1. The molecule has 190 valence electrons. The molecule has 0 aromatic heterocycles. The number of hydrogen-bond donors (Lipinski definition) is 0. The first kappa shape index (κ1) is 22.5. The van der Waals surface area contributed by atoms with Gasteiger partial charge in [-0.05, 0) is 67.9 Å². The zero-order valence-electron chi connectivity index (χ0n) is 22.2. The molecular weight excluding hydrogens is 499 g/mol. The minimum absolute atomic E-state index is 0.0379. The van der Waals surface area contributed by atoms with Crippen LogP contribution < -0.4 is 25.9 Å². The van der Waals surface area contributed by atoms with Gasteiger partial charge in [0, 0.05) is 16.6 Å². The van der Waals surface area contributed by atoms with E-state index in [0.717, 1.165) is 34.0 Å². The molecule has 41 heavy (non-hydrogen) atoms. The molecule has 0 fully saturated rings. The second-order valence-corrected chi connectivity index (χ2v) is 10.8. The molecule has 0 bridgehead atoms. The van der Waals surface area contributed by atoms with Gasteiger partial charge in [0.1, 0.15) is 23.0 Å². The van der Waals surface area contributed by atoms with Crippen LogP contribution in [0.1, 0.15) is 0 Å². The van der Waals surface area contributed by atoms with Gasteiger partial charge >= 0.3 is 0 Å². The molecule has 0 N–H and O–H groups in total. The van der Waals surface area contributed by atoms with Crippen LogP contribution in [0.3, 0.4) is 0 Å². The largest absolute Gasteiger partial charge is 0.458 e. The molecule has 2 heterocycles. The van der Waals surface area contributed by atoms with E-state index in [1.54, 1.807) is 0 Å². The molecule has 2 aliphatic heterocycles. The molecule has 0 spiro atoms. The van der Waals surface area contributed by atoms with Crippen molar-refractivity contribution in [3.63, 3.8) is 0 Å². The first-order valence-corrected chi connectivity index (χ1v) is 14.1. The molecular formula is C38H23BO2. The molecule has 7 aromatic carbocycles. The van der Waals surface area contributed by atoms with Crippen molar-refractivity contribution in [1.29, 1.82) is 0 Å². The van der Waals surface area contributed by atoms with E-state index in [4.69, 9.17) is 9.47 Å². The molecule has 0 radical (unpaired) electrons. The Balaban J connectivity index is 1.40. The minimum atomic E-state index is 0.0379. The quantitative estimate of drug-likeness (QED) is 0.169. The number of benzene rings is 7. The summed E-state index contributed by atoms with van der Waals surface area (Å²) >= 11 is 0. The monoisotopic (exact) mass is 522 g/mol. The standard InChI is InChI=1S/C38H23BO2/c1-2-12-24(13-3-1)35-25-14-4-6-16-27(25)36(28-17-7-5-15-26(28)35)29-22-23-34-37-38(29)41-33-21-11-9-19-31(33)39(37)30-18-8-10-20-32(30)40-34/h1-23H. The van der Waals surface area contributed by atoms with E-state index >= 15 is 0 Å². The maximum Gasteiger partial charge on any atom is 0.260 e. The molecule has 0 saturated carbocycles. The van der Waals surface area contributed by atoms with Crippen LogP contribution in [0.25, 0.3) is 43.8 Å². The van der Waals surface area contributed by atoms with Gasteiger partial charge in [-0.3, -0.25) is 0 Å². The molecule has 0 aliphatic carbocycles. The third-order valence-corrected chi connectivity index (χ3v) is 8.60. The first-order valence-electron chi connectivity index (χ1n) is 14.1. The Morgan fingerprint density at radius 3 is 1.54 bits per heavy atom. The van der Waals surface area contributed by atoms with Crippen molar-refractivity contribution in [2.75, 3.05) is 0 Å². The van der Waals surface area contributed by atoms with Crippen molar-refractivity contribution in [3.05, 3.63) is 140 Å². The lowest BCUT2D eigenvalue weighted by Crippen LogP contribution is -2.57. The normalized spacial score (nSPS) is 12.7. The van der Waals surface area contributed by atoms with Crippen molar-refractivity contribution < 1.29 is 9.47 Å². The lowest BCUT2D eigenvalue weighted by molar-refractivity contribution is 0.465. The van der Waals surface area contributed by atoms with Gasteiger partial charge in [-0.2, -0.15) is 0 Å². The molecule has 3 heteroatoms. The summed E-state index contributed by atoms with van der Waals surface area (Å²) in [5.74, 6) is 3.54. The molecule has 2 nitrogen and oxygen atoms in total. The Labute approximate surface area is 238 Å². The van der Waals surface area contributed by atoms with Crippen molar-refractivity contribution >= 4 is 44.6 Å². The van der Waals surface area contributed by atoms with Gasteiger partial charge in [-0.1, -0.05) is 115 Å². The average Bonchev–Trinajstić information content (AvgIpc) is 3.04. The third-order valence-electron chi connectivity index (χ3n) is 8.60. The smallest absolute Gasteiger partial charge is 0.260 e. The highest BCUT2D eigenvalue weighted by Crippen LogP contribution is 2.48. The molecule has 0 amide bonds. The molecule has 9 rings (SSSR count). The highest BCUT2D eigenvalue weighted by atomic mass is 16.5. The summed E-state index contributed by atoms with van der Waals surface area (Å²) in [5, 5.41) is 4.87. The zero-order valence-corrected chi connectivity index (χ0v) is 22.2. The van der Waals surface area contributed by atoms with E-state index in [1.807, 2.05) is 6.07 Å². The summed E-state index contributed by atoms with van der Waals surface area (Å²) in [5.41, 5.74) is 8.18. The van der Waals surface area contributed by atoms with Crippen LogP contribution in [0.5, 0.6) is 23.0 Å². The fourth-order valence-corrected chi connectivity index (χ4v) is 6.92. The van der Waals surface area contributed by atoms with Gasteiger partial charge in [0.25, 0.3) is 6.71 Å². The topological polar surface area (TPSA) is 18.5 Å². The second kappa shape index (κ2) is 8.61. The van der Waals surface area contributed by atoms with Gasteiger partial charge in [0.2, 0.25) is 0 Å². The van der Waals surface area contributed by atoms with Crippen LogP contribution in [0.4, 0.5) is 0 Å². The van der Waals surface area contributed by atoms with Crippen molar-refractivity contribution in [2.24, 2.45) is 0 Å². The summed E-state index contributed by atoms with van der Waals surface area (Å²) < 4.78 is 13.4. The predicted octanol–water partition coefficient (Wildman–Crippen LogP) is 8.05. The van der Waals surface area contributed by atoms with E-state index in [2.05, 4.69) is 133 Å². The summed E-state index contributed by atoms with van der Waals surface area (Å²) in [6, 6.07) is 49.3. The van der Waals surface area contributed by atoms with Crippen LogP contribution >= 0.6 is 0 Å². The third kappa shape index (κ3) is 3.20. The Morgan fingerprint density at radius 1 is 0.390 bits per heavy atom. The molecule has 2 aliphatic rings. The number of fused-ring (bicyclic) bond motifs is 6. The van der Waals surface area contributed by atoms with Gasteiger partial charge in [-0.25, -0.2) is 0 Å². The second-order valence-electron chi connectivity index (χ2n) is 10.8. The summed E-state index contributed by atoms with van der Waals surface area (Å²) in [7, 11) is 0. The molecule has 7 aromatic rings. The Bertz CT molecular complexity index is 2100. The van der Waals surface area contributed by atoms with Crippen LogP contribution in [0.2, 0.25) is 0 Å². The minimum Gasteiger partial charge on any atom is -0.458 e. The maximum atomic E-state index is 6.86. The van der Waals surface area contributed by atoms with Gasteiger partial charge in [0.15, 0.2) is 0 Å². The maximum absolute atomic E-state index is 6.86. The predicted molar refractivity (Wildman–Crippen MR) is 170 cm³/mol. The number of para-hydroxylation sites is 2. The lowest BCUT2D eigenvalue weighted by Gasteiger charge is -2.34. The average molecular weight is 522 g/mol. The van der Waals surface area contributed by atoms with Gasteiger partial charge in [-0.15, -0.1) is 0 Å². The summed E-state index contributed by atoms with van der Waals surface area (Å²) in [6.07, 6.45) is 0. The first-order chi connectivity index (χ1) is 20.4. The van der Waals surface area contributed by atoms with Crippen LogP contribution in [-0.2, 0) is 0 Å². The van der Waals surface area contributed by atoms with E-state index in [0.29, 0.717) is 0 Å². The highest BCUT2D eigenvalue weighted by Gasteiger charge is 2.41. The summed E-state index contributed by atoms with van der Waals surface area (Å²) in [4.78, 5) is 0. The molecule has 0 unspecified atom stereocenters. The van der Waals surface area contributed by atoms with E-state index < -0.39 is 0 Å². The number of hydrogen-bond acceptors (Lipinski definition) is 2.